The minimum atomic E-state index is -1.13. The Morgan fingerprint density at radius 3 is 2.22 bits per heavy atom. The maximum Gasteiger partial charge on any atom is -1.00 e. The number of hydrogen-bond donors (Lipinski definition) is 0. The Kier molecular flexibility index (Phi) is 7.28. The molecule has 1 nitrogen and oxygen atoms in total. The molecule has 3 aliphatic heterocycles. The van der Waals surface area contributed by atoms with Crippen LogP contribution in [0.5, 0.6) is 0 Å². The molecule has 0 saturated heterocycles. The van der Waals surface area contributed by atoms with E-state index in [0.29, 0.717) is 3.63 Å². The zero-order valence-electron chi connectivity index (χ0n) is 19.1. The first-order chi connectivity index (χ1) is 14.3. The fraction of sp³-hybridized carbons (Fsp3) is 0.222. The predicted molar refractivity (Wildman–Crippen MR) is 127 cm³/mol. The smallest absolute Gasteiger partial charge is 1.00 e. The Morgan fingerprint density at radius 2 is 1.59 bits per heavy atom. The molecule has 0 N–H and O–H groups in total. The second kappa shape index (κ2) is 9.18. The molecule has 2 bridgehead atoms. The minimum absolute atomic E-state index is 0. The Hall–Kier alpha value is -1.25. The summed E-state index contributed by atoms with van der Waals surface area (Å²) in [5.74, 6) is 0. The molecule has 0 aromatic heterocycles. The standard InChI is InChI=1S/C17H15.C10H11NSi.2ClH.Zr/c1-12-6-8-14(9-7-12)16-5-3-4-15-10-13(2)11-17(15)16;1-6-9-7-4-5-11-8(7)10(6)12(9,2)3;;;/h3-11H,1-2H3;4-5H,1-3H3;2*1H;/q;;;;+2/p-2. The van der Waals surface area contributed by atoms with Crippen LogP contribution < -0.4 is 24.8 Å². The number of rotatable bonds is 1. The predicted octanol–water partition coefficient (Wildman–Crippen LogP) is 1.06. The third-order valence-electron chi connectivity index (χ3n) is 6.85. The van der Waals surface area contributed by atoms with Gasteiger partial charge in [0.25, 0.3) is 0 Å². The second-order valence-corrected chi connectivity index (χ2v) is 14.9. The van der Waals surface area contributed by atoms with E-state index in [1.165, 1.54) is 50.2 Å². The Balaban J connectivity index is 0.000000181. The van der Waals surface area contributed by atoms with Crippen LogP contribution in [0, 0.1) is 6.92 Å². The summed E-state index contributed by atoms with van der Waals surface area (Å²) < 4.78 is 0.651. The van der Waals surface area contributed by atoms with E-state index in [4.69, 9.17) is 0 Å². The maximum atomic E-state index is 4.42. The van der Waals surface area contributed by atoms with Crippen molar-refractivity contribution in [2.75, 3.05) is 0 Å². The van der Waals surface area contributed by atoms with Crippen molar-refractivity contribution in [3.63, 3.8) is 0 Å². The second-order valence-electron chi connectivity index (χ2n) is 9.20. The number of aliphatic imine (C=N–C) groups is 1. The number of benzene rings is 2. The molecule has 161 valence electrons. The molecule has 1 unspecified atom stereocenters. The molecule has 0 saturated carbocycles. The van der Waals surface area contributed by atoms with Crippen LogP contribution in [0.25, 0.3) is 17.2 Å². The van der Waals surface area contributed by atoms with Crippen molar-refractivity contribution >= 4 is 19.9 Å². The summed E-state index contributed by atoms with van der Waals surface area (Å²) in [6, 6.07) is 15.5. The molecule has 0 radical (unpaired) electrons. The molecule has 7 rings (SSSR count). The van der Waals surface area contributed by atoms with Crippen molar-refractivity contribution in [2.45, 2.75) is 37.5 Å². The van der Waals surface area contributed by atoms with E-state index in [1.54, 1.807) is 35.1 Å². The van der Waals surface area contributed by atoms with Crippen LogP contribution in [0.2, 0.25) is 13.1 Å². The first kappa shape index (κ1) is 25.4. The average molecular weight is 555 g/mol. The van der Waals surface area contributed by atoms with E-state index in [2.05, 4.69) is 93.5 Å². The average Bonchev–Trinajstić information content (AvgIpc) is 3.40. The van der Waals surface area contributed by atoms with Gasteiger partial charge in [0, 0.05) is 11.8 Å². The molecular formula is C27H26Cl2NSiZr. The van der Waals surface area contributed by atoms with E-state index in [1.807, 2.05) is 6.20 Å². The Morgan fingerprint density at radius 1 is 0.906 bits per heavy atom. The number of allylic oxidation sites excluding steroid dienone is 6. The molecule has 1 atom stereocenters. The quantitative estimate of drug-likeness (QED) is 0.468. The zero-order chi connectivity index (χ0) is 21.2. The van der Waals surface area contributed by atoms with Gasteiger partial charge in [0.2, 0.25) is 0 Å². The van der Waals surface area contributed by atoms with Crippen LogP contribution in [0.3, 0.4) is 0 Å². The summed E-state index contributed by atoms with van der Waals surface area (Å²) in [5.41, 5.74) is 12.7. The SMILES string of the molecule is CC1=C2C3=NC=CC3=C1[Si]2(C)C.CC1=Cc2c(-c3ccc(C)cc3)cccc2[CH]1[Zr+2].[Cl-].[Cl-]. The van der Waals surface area contributed by atoms with Crippen molar-refractivity contribution in [1.82, 2.24) is 0 Å². The van der Waals surface area contributed by atoms with Gasteiger partial charge in [0.1, 0.15) is 8.07 Å². The van der Waals surface area contributed by atoms with E-state index in [9.17, 15) is 0 Å². The Bertz CT molecular complexity index is 1250. The van der Waals surface area contributed by atoms with Gasteiger partial charge in [-0.1, -0.05) is 13.1 Å². The number of fused-ring (bicyclic) bond motifs is 1. The fourth-order valence-corrected chi connectivity index (χ4v) is 10.1. The third-order valence-corrected chi connectivity index (χ3v) is 12.5. The third kappa shape index (κ3) is 3.76. The van der Waals surface area contributed by atoms with Gasteiger partial charge in [0.15, 0.2) is 0 Å². The van der Waals surface area contributed by atoms with Gasteiger partial charge in [-0.25, -0.2) is 0 Å². The van der Waals surface area contributed by atoms with Crippen molar-refractivity contribution < 1.29 is 49.5 Å². The molecule has 0 fully saturated rings. The van der Waals surface area contributed by atoms with Gasteiger partial charge in [-0.05, 0) is 29.0 Å². The molecule has 3 heterocycles. The van der Waals surface area contributed by atoms with Gasteiger partial charge in [-0.15, -0.1) is 0 Å². The summed E-state index contributed by atoms with van der Waals surface area (Å²) in [6.07, 6.45) is 6.47. The number of halogens is 2. The molecule has 0 amide bonds. The van der Waals surface area contributed by atoms with Gasteiger partial charge in [0.05, 0.1) is 5.71 Å². The van der Waals surface area contributed by atoms with Gasteiger partial charge in [-0.2, -0.15) is 0 Å². The van der Waals surface area contributed by atoms with Gasteiger partial charge in [-0.3, -0.25) is 4.99 Å². The van der Waals surface area contributed by atoms with Crippen molar-refractivity contribution in [1.29, 1.82) is 0 Å². The molecule has 2 aromatic rings. The van der Waals surface area contributed by atoms with E-state index < -0.39 is 8.07 Å². The summed E-state index contributed by atoms with van der Waals surface area (Å²) in [5, 5.41) is 3.27. The molecule has 0 spiro atoms. The molecule has 32 heavy (non-hydrogen) atoms. The number of aryl methyl sites for hydroxylation is 1. The van der Waals surface area contributed by atoms with E-state index in [0.717, 1.165) is 0 Å². The summed E-state index contributed by atoms with van der Waals surface area (Å²) in [7, 11) is -1.13. The minimum Gasteiger partial charge on any atom is -1.00 e. The van der Waals surface area contributed by atoms with Crippen LogP contribution in [-0.2, 0) is 24.7 Å². The summed E-state index contributed by atoms with van der Waals surface area (Å²) in [4.78, 5) is 4.42. The van der Waals surface area contributed by atoms with Crippen LogP contribution >= 0.6 is 0 Å². The van der Waals surface area contributed by atoms with Crippen LogP contribution in [-0.4, -0.2) is 13.8 Å². The normalized spacial score (nSPS) is 20.3. The van der Waals surface area contributed by atoms with Crippen molar-refractivity contribution in [3.05, 3.63) is 98.5 Å². The first-order valence-electron chi connectivity index (χ1n) is 10.6. The number of nitrogens with zero attached hydrogens (tertiary/aromatic N) is 1. The van der Waals surface area contributed by atoms with Gasteiger partial charge >= 0.3 is 124 Å². The summed E-state index contributed by atoms with van der Waals surface area (Å²) >= 11 is 1.59. The van der Waals surface area contributed by atoms with Crippen molar-refractivity contribution in [3.8, 4) is 11.1 Å². The van der Waals surface area contributed by atoms with E-state index in [-0.39, 0.29) is 24.8 Å². The van der Waals surface area contributed by atoms with Gasteiger partial charge < -0.3 is 24.8 Å². The zero-order valence-corrected chi connectivity index (χ0v) is 24.0. The molecular weight excluding hydrogens is 529 g/mol. The van der Waals surface area contributed by atoms with Crippen LogP contribution in [0.1, 0.15) is 34.2 Å². The first-order valence-corrected chi connectivity index (χ1v) is 15.0. The Labute approximate surface area is 220 Å². The number of hydrogen-bond acceptors (Lipinski definition) is 1. The molecule has 2 aromatic carbocycles. The monoisotopic (exact) mass is 552 g/mol. The maximum absolute atomic E-state index is 4.42. The molecule has 2 aliphatic carbocycles. The topological polar surface area (TPSA) is 12.4 Å². The van der Waals surface area contributed by atoms with Crippen LogP contribution in [0.15, 0.2) is 86.8 Å². The molecule has 5 heteroatoms. The summed E-state index contributed by atoms with van der Waals surface area (Å²) in [6.45, 7) is 11.5. The van der Waals surface area contributed by atoms with Crippen LogP contribution in [0.4, 0.5) is 0 Å². The van der Waals surface area contributed by atoms with Crippen molar-refractivity contribution in [2.24, 2.45) is 4.99 Å². The van der Waals surface area contributed by atoms with E-state index >= 15 is 0 Å². The molecule has 5 aliphatic rings. The fourth-order valence-electron chi connectivity index (χ4n) is 5.41. The largest absolute Gasteiger partial charge is 1.00 e.